The SMILES string of the molecule is CC(C)NC(=O)NC1CCCN(c2ccc(C(N)=O)c(Nc3ccc(C(=O)N4CCOCC4)cc3)n2)C1. The van der Waals surface area contributed by atoms with E-state index in [0.29, 0.717) is 55.7 Å². The number of benzene rings is 1. The first-order valence-electron chi connectivity index (χ1n) is 12.7. The Morgan fingerprint density at radius 1 is 1.05 bits per heavy atom. The van der Waals surface area contributed by atoms with E-state index in [1.807, 2.05) is 13.8 Å². The van der Waals surface area contributed by atoms with Gasteiger partial charge in [-0.05, 0) is 63.1 Å². The summed E-state index contributed by atoms with van der Waals surface area (Å²) in [6, 6.07) is 10.3. The summed E-state index contributed by atoms with van der Waals surface area (Å²) in [6.45, 7) is 7.46. The summed E-state index contributed by atoms with van der Waals surface area (Å²) in [6.07, 6.45) is 1.77. The normalized spacial score (nSPS) is 17.9. The Kier molecular flexibility index (Phi) is 8.44. The molecule has 11 nitrogen and oxygen atoms in total. The summed E-state index contributed by atoms with van der Waals surface area (Å²) in [5, 5.41) is 9.06. The van der Waals surface area contributed by atoms with Gasteiger partial charge in [0.15, 0.2) is 0 Å². The van der Waals surface area contributed by atoms with Crippen LogP contribution in [0.5, 0.6) is 0 Å². The second-order valence-corrected chi connectivity index (χ2v) is 9.59. The average Bonchev–Trinajstić information content (AvgIpc) is 2.88. The number of hydrogen-bond acceptors (Lipinski definition) is 7. The van der Waals surface area contributed by atoms with Gasteiger partial charge in [-0.15, -0.1) is 0 Å². The van der Waals surface area contributed by atoms with E-state index in [4.69, 9.17) is 15.5 Å². The highest BCUT2D eigenvalue weighted by molar-refractivity contribution is 5.99. The molecule has 0 radical (unpaired) electrons. The van der Waals surface area contributed by atoms with Gasteiger partial charge in [0.1, 0.15) is 11.6 Å². The second kappa shape index (κ2) is 11.9. The fraction of sp³-hybridized carbons (Fsp3) is 0.462. The van der Waals surface area contributed by atoms with Gasteiger partial charge in [0, 0.05) is 49.5 Å². The third-order valence-corrected chi connectivity index (χ3v) is 6.34. The molecule has 0 spiro atoms. The molecule has 37 heavy (non-hydrogen) atoms. The van der Waals surface area contributed by atoms with E-state index >= 15 is 0 Å². The smallest absolute Gasteiger partial charge is 0.315 e. The first-order valence-corrected chi connectivity index (χ1v) is 12.7. The lowest BCUT2D eigenvalue weighted by atomic mass is 10.1. The van der Waals surface area contributed by atoms with Crippen LogP contribution in [-0.4, -0.2) is 79.2 Å². The largest absolute Gasteiger partial charge is 0.378 e. The molecule has 0 saturated carbocycles. The molecule has 2 aromatic rings. The molecule has 2 aliphatic rings. The molecule has 1 aromatic carbocycles. The number of aromatic nitrogens is 1. The van der Waals surface area contributed by atoms with Crippen molar-refractivity contribution in [1.82, 2.24) is 20.5 Å². The zero-order chi connectivity index (χ0) is 26.4. The lowest BCUT2D eigenvalue weighted by molar-refractivity contribution is 0.0303. The number of nitrogens with one attached hydrogen (secondary N) is 3. The highest BCUT2D eigenvalue weighted by atomic mass is 16.5. The van der Waals surface area contributed by atoms with Crippen molar-refractivity contribution >= 4 is 35.2 Å². The molecule has 0 aliphatic carbocycles. The zero-order valence-corrected chi connectivity index (χ0v) is 21.3. The van der Waals surface area contributed by atoms with Crippen molar-refractivity contribution in [3.05, 3.63) is 47.5 Å². The summed E-state index contributed by atoms with van der Waals surface area (Å²) < 4.78 is 5.32. The van der Waals surface area contributed by atoms with Crippen LogP contribution in [0.3, 0.4) is 0 Å². The number of rotatable bonds is 7. The molecule has 4 amide bonds. The van der Waals surface area contributed by atoms with Crippen molar-refractivity contribution in [2.45, 2.75) is 38.8 Å². The van der Waals surface area contributed by atoms with E-state index in [9.17, 15) is 14.4 Å². The number of anilines is 3. The van der Waals surface area contributed by atoms with Gasteiger partial charge in [0.05, 0.1) is 18.8 Å². The first kappa shape index (κ1) is 26.2. The molecule has 11 heteroatoms. The summed E-state index contributed by atoms with van der Waals surface area (Å²) in [4.78, 5) is 45.5. The van der Waals surface area contributed by atoms with E-state index < -0.39 is 5.91 Å². The van der Waals surface area contributed by atoms with Crippen LogP contribution in [-0.2, 0) is 4.74 Å². The molecule has 2 saturated heterocycles. The average molecular weight is 510 g/mol. The van der Waals surface area contributed by atoms with Crippen LogP contribution in [0.15, 0.2) is 36.4 Å². The molecule has 0 bridgehead atoms. The number of hydrogen-bond donors (Lipinski definition) is 4. The molecule has 3 heterocycles. The molecule has 1 unspecified atom stereocenters. The number of piperidine rings is 1. The number of amides is 4. The maximum absolute atomic E-state index is 12.7. The van der Waals surface area contributed by atoms with Gasteiger partial charge in [0.25, 0.3) is 11.8 Å². The number of pyridine rings is 1. The number of morpholine rings is 1. The summed E-state index contributed by atoms with van der Waals surface area (Å²) in [7, 11) is 0. The van der Waals surface area contributed by atoms with E-state index in [1.54, 1.807) is 41.3 Å². The van der Waals surface area contributed by atoms with Crippen LogP contribution in [0.2, 0.25) is 0 Å². The lowest BCUT2D eigenvalue weighted by Gasteiger charge is -2.34. The maximum Gasteiger partial charge on any atom is 0.315 e. The van der Waals surface area contributed by atoms with Crippen molar-refractivity contribution < 1.29 is 19.1 Å². The number of nitrogens with zero attached hydrogens (tertiary/aromatic N) is 3. The quantitative estimate of drug-likeness (QED) is 0.448. The van der Waals surface area contributed by atoms with Crippen LogP contribution in [0.4, 0.5) is 22.1 Å². The van der Waals surface area contributed by atoms with Crippen LogP contribution >= 0.6 is 0 Å². The van der Waals surface area contributed by atoms with Crippen molar-refractivity contribution in [3.63, 3.8) is 0 Å². The number of urea groups is 1. The topological polar surface area (TPSA) is 142 Å². The molecule has 5 N–H and O–H groups in total. The standard InChI is InChI=1S/C26H35N7O4/c1-17(2)28-26(36)30-20-4-3-11-33(16-20)22-10-9-21(23(27)34)24(31-22)29-19-7-5-18(6-8-19)25(35)32-12-14-37-15-13-32/h5-10,17,20H,3-4,11-16H2,1-2H3,(H2,27,34)(H,29,31)(H2,28,30,36). The molecular weight excluding hydrogens is 474 g/mol. The van der Waals surface area contributed by atoms with Gasteiger partial charge < -0.3 is 36.2 Å². The zero-order valence-electron chi connectivity index (χ0n) is 21.3. The highest BCUT2D eigenvalue weighted by Gasteiger charge is 2.24. The minimum atomic E-state index is -0.593. The van der Waals surface area contributed by atoms with Gasteiger partial charge in [-0.1, -0.05) is 0 Å². The van der Waals surface area contributed by atoms with Crippen molar-refractivity contribution in [2.75, 3.05) is 49.6 Å². The molecule has 2 fully saturated rings. The highest BCUT2D eigenvalue weighted by Crippen LogP contribution is 2.25. The predicted octanol–water partition coefficient (Wildman–Crippen LogP) is 2.07. The monoisotopic (exact) mass is 509 g/mol. The predicted molar refractivity (Wildman–Crippen MR) is 141 cm³/mol. The van der Waals surface area contributed by atoms with Crippen molar-refractivity contribution in [1.29, 1.82) is 0 Å². The van der Waals surface area contributed by atoms with Gasteiger partial charge in [-0.3, -0.25) is 9.59 Å². The van der Waals surface area contributed by atoms with Crippen molar-refractivity contribution in [2.24, 2.45) is 5.73 Å². The molecule has 1 aromatic heterocycles. The Hall–Kier alpha value is -3.86. The van der Waals surface area contributed by atoms with Crippen LogP contribution in [0.1, 0.15) is 47.4 Å². The van der Waals surface area contributed by atoms with E-state index in [-0.39, 0.29) is 29.6 Å². The molecule has 2 aliphatic heterocycles. The number of carbonyl (C=O) groups is 3. The molecule has 4 rings (SSSR count). The van der Waals surface area contributed by atoms with E-state index in [2.05, 4.69) is 20.9 Å². The molecule has 1 atom stereocenters. The second-order valence-electron chi connectivity index (χ2n) is 9.59. The Morgan fingerprint density at radius 3 is 2.46 bits per heavy atom. The van der Waals surface area contributed by atoms with Crippen LogP contribution in [0.25, 0.3) is 0 Å². The Labute approximate surface area is 216 Å². The van der Waals surface area contributed by atoms with Crippen molar-refractivity contribution in [3.8, 4) is 0 Å². The van der Waals surface area contributed by atoms with Gasteiger partial charge in [-0.2, -0.15) is 0 Å². The third kappa shape index (κ3) is 6.88. The van der Waals surface area contributed by atoms with Gasteiger partial charge in [0.2, 0.25) is 0 Å². The summed E-state index contributed by atoms with van der Waals surface area (Å²) >= 11 is 0. The number of ether oxygens (including phenoxy) is 1. The Morgan fingerprint density at radius 2 is 1.78 bits per heavy atom. The molecule has 198 valence electrons. The number of carbonyl (C=O) groups excluding carboxylic acids is 3. The Balaban J connectivity index is 1.47. The number of nitrogens with two attached hydrogens (primary N) is 1. The summed E-state index contributed by atoms with van der Waals surface area (Å²) in [5.41, 5.74) is 7.13. The summed E-state index contributed by atoms with van der Waals surface area (Å²) in [5.74, 6) is 0.389. The fourth-order valence-electron chi connectivity index (χ4n) is 4.49. The maximum atomic E-state index is 12.7. The van der Waals surface area contributed by atoms with Crippen LogP contribution < -0.4 is 26.6 Å². The Bertz CT molecular complexity index is 1120. The fourth-order valence-corrected chi connectivity index (χ4v) is 4.49. The minimum absolute atomic E-state index is 0.0157. The van der Waals surface area contributed by atoms with Gasteiger partial charge >= 0.3 is 6.03 Å². The van der Waals surface area contributed by atoms with Gasteiger partial charge in [-0.25, -0.2) is 9.78 Å². The molecular formula is C26H35N7O4. The lowest BCUT2D eigenvalue weighted by Crippen LogP contribution is -2.51. The van der Waals surface area contributed by atoms with E-state index in [1.165, 1.54) is 0 Å². The third-order valence-electron chi connectivity index (χ3n) is 6.34. The minimum Gasteiger partial charge on any atom is -0.378 e. The van der Waals surface area contributed by atoms with E-state index in [0.717, 1.165) is 19.4 Å². The van der Waals surface area contributed by atoms with Crippen LogP contribution in [0, 0.1) is 0 Å². The number of primary amides is 1. The first-order chi connectivity index (χ1) is 17.8.